The molecule has 0 aliphatic rings. The highest BCUT2D eigenvalue weighted by Gasteiger charge is 2.34. The number of hydrogen-bond acceptors (Lipinski definition) is 5. The molecule has 0 aliphatic heterocycles. The van der Waals surface area contributed by atoms with Crippen molar-refractivity contribution in [3.8, 4) is 0 Å². The van der Waals surface area contributed by atoms with Gasteiger partial charge >= 0.3 is 16.7 Å². The van der Waals surface area contributed by atoms with E-state index in [1.54, 1.807) is 31.2 Å². The predicted octanol–water partition coefficient (Wildman–Crippen LogP) is 5.97. The standard InChI is InChI=1S/C17H14Cl2F3NO.HNO2S/c1-2-16(23-24-10-11-5-3-4-6-15(11)19)13-9-12(18)7-8-14(13)17(20,21)22;1-4(2)3/h3-9H,2,10H2,1H3;1H/b23-16+;. The highest BCUT2D eigenvalue weighted by Crippen LogP contribution is 2.34. The molecule has 0 atom stereocenters. The summed E-state index contributed by atoms with van der Waals surface area (Å²) in [6.07, 6.45) is -4.25. The van der Waals surface area contributed by atoms with Gasteiger partial charge in [0.1, 0.15) is 6.61 Å². The second-order valence-electron chi connectivity index (χ2n) is 5.18. The monoisotopic (exact) mass is 454 g/mol. The Morgan fingerprint density at radius 2 is 1.79 bits per heavy atom. The fraction of sp³-hybridized carbons (Fsp3) is 0.235. The first kappa shape index (κ1) is 23.9. The van der Waals surface area contributed by atoms with Crippen LogP contribution < -0.4 is 0 Å². The number of nitrogens with one attached hydrogen (secondary N) is 1. The molecule has 2 aromatic carbocycles. The normalized spacial score (nSPS) is 11.4. The molecule has 2 rings (SSSR count). The summed E-state index contributed by atoms with van der Waals surface area (Å²) in [4.78, 5) is 5.21. The number of oxime groups is 1. The summed E-state index contributed by atoms with van der Waals surface area (Å²) in [5, 5.41) is 4.57. The van der Waals surface area contributed by atoms with E-state index in [1.807, 2.05) is 0 Å². The summed E-state index contributed by atoms with van der Waals surface area (Å²) < 4.78 is 62.3. The summed E-state index contributed by atoms with van der Waals surface area (Å²) in [5.41, 5.74) is -0.0251. The number of halogens is 5. The van der Waals surface area contributed by atoms with E-state index in [4.69, 9.17) is 41.2 Å². The summed E-state index contributed by atoms with van der Waals surface area (Å²) in [5.74, 6) is 0. The summed E-state index contributed by atoms with van der Waals surface area (Å²) in [7, 11) is -2.61. The molecule has 0 aliphatic carbocycles. The van der Waals surface area contributed by atoms with E-state index in [-0.39, 0.29) is 29.3 Å². The van der Waals surface area contributed by atoms with Crippen molar-refractivity contribution in [2.45, 2.75) is 26.1 Å². The molecule has 0 heterocycles. The van der Waals surface area contributed by atoms with Gasteiger partial charge in [-0.2, -0.15) is 26.4 Å². The highest BCUT2D eigenvalue weighted by atomic mass is 35.5. The highest BCUT2D eigenvalue weighted by molar-refractivity contribution is 7.60. The zero-order valence-electron chi connectivity index (χ0n) is 14.4. The van der Waals surface area contributed by atoms with E-state index in [2.05, 4.69) is 5.16 Å². The number of benzene rings is 2. The Hall–Kier alpha value is -2.10. The largest absolute Gasteiger partial charge is 0.417 e. The quantitative estimate of drug-likeness (QED) is 0.446. The van der Waals surface area contributed by atoms with Crippen LogP contribution in [-0.4, -0.2) is 14.1 Å². The minimum absolute atomic E-state index is 0.0606. The van der Waals surface area contributed by atoms with Crippen molar-refractivity contribution in [2.75, 3.05) is 0 Å². The lowest BCUT2D eigenvalue weighted by Crippen LogP contribution is -2.13. The van der Waals surface area contributed by atoms with E-state index >= 15 is 0 Å². The van der Waals surface area contributed by atoms with Gasteiger partial charge < -0.3 is 4.84 Å². The lowest BCUT2D eigenvalue weighted by molar-refractivity contribution is -0.137. The van der Waals surface area contributed by atoms with Crippen LogP contribution in [0.5, 0.6) is 0 Å². The Balaban J connectivity index is 0.000000892. The molecule has 28 heavy (non-hydrogen) atoms. The molecule has 1 N–H and O–H groups in total. The van der Waals surface area contributed by atoms with Crippen LogP contribution in [0.25, 0.3) is 0 Å². The summed E-state index contributed by atoms with van der Waals surface area (Å²) in [6.45, 7) is 1.75. The van der Waals surface area contributed by atoms with Gasteiger partial charge in [0.05, 0.1) is 11.3 Å². The molecule has 0 saturated heterocycles. The Morgan fingerprint density at radius 1 is 1.18 bits per heavy atom. The molecular weight excluding hydrogens is 440 g/mol. The van der Waals surface area contributed by atoms with Crippen molar-refractivity contribution in [1.29, 1.82) is 4.78 Å². The molecule has 0 bridgehead atoms. The fourth-order valence-electron chi connectivity index (χ4n) is 2.10. The van der Waals surface area contributed by atoms with Gasteiger partial charge in [0, 0.05) is 21.2 Å². The zero-order valence-corrected chi connectivity index (χ0v) is 16.8. The van der Waals surface area contributed by atoms with Gasteiger partial charge in [-0.1, -0.05) is 53.5 Å². The van der Waals surface area contributed by atoms with E-state index in [0.717, 1.165) is 6.07 Å². The fourth-order valence-corrected chi connectivity index (χ4v) is 2.46. The van der Waals surface area contributed by atoms with Crippen molar-refractivity contribution in [3.63, 3.8) is 0 Å². The maximum absolute atomic E-state index is 13.2. The predicted molar refractivity (Wildman–Crippen MR) is 101 cm³/mol. The molecule has 2 aromatic rings. The van der Waals surface area contributed by atoms with Gasteiger partial charge in [0.2, 0.25) is 0 Å². The second-order valence-corrected chi connectivity index (χ2v) is 6.49. The molecular formula is C17H15Cl2F3N2O3S. The van der Waals surface area contributed by atoms with E-state index in [9.17, 15) is 13.2 Å². The lowest BCUT2D eigenvalue weighted by atomic mass is 10.0. The molecule has 5 nitrogen and oxygen atoms in total. The van der Waals surface area contributed by atoms with Gasteiger partial charge in [-0.15, -0.1) is 0 Å². The summed E-state index contributed by atoms with van der Waals surface area (Å²) >= 11 is 11.8. The molecule has 0 amide bonds. The number of nitrogens with zero attached hydrogens (tertiary/aromatic N) is 1. The first-order valence-electron chi connectivity index (χ1n) is 7.66. The topological polar surface area (TPSA) is 79.6 Å². The minimum atomic E-state index is -4.50. The van der Waals surface area contributed by atoms with Crippen LogP contribution in [0.1, 0.15) is 30.0 Å². The maximum Gasteiger partial charge on any atom is 0.417 e. The molecule has 0 aromatic heterocycles. The number of rotatable bonds is 5. The van der Waals surface area contributed by atoms with Crippen molar-refractivity contribution < 1.29 is 26.4 Å². The third-order valence-electron chi connectivity index (χ3n) is 3.29. The SMILES string of the molecule is CC/C(=N\OCc1ccccc1Cl)c1cc(Cl)ccc1C(F)(F)F.N=S(=O)=O. The van der Waals surface area contributed by atoms with Gasteiger partial charge in [-0.05, 0) is 30.7 Å². The second kappa shape index (κ2) is 11.0. The molecule has 0 radical (unpaired) electrons. The average molecular weight is 455 g/mol. The Bertz CT molecular complexity index is 943. The van der Waals surface area contributed by atoms with Gasteiger partial charge in [-0.25, -0.2) is 0 Å². The first-order chi connectivity index (χ1) is 13.1. The minimum Gasteiger partial charge on any atom is -0.391 e. The smallest absolute Gasteiger partial charge is 0.391 e. The number of hydrogen-bond donors (Lipinski definition) is 1. The Morgan fingerprint density at radius 3 is 2.32 bits per heavy atom. The summed E-state index contributed by atoms with van der Waals surface area (Å²) in [6, 6.07) is 10.4. The van der Waals surface area contributed by atoms with Crippen molar-refractivity contribution in [2.24, 2.45) is 5.16 Å². The van der Waals surface area contributed by atoms with Crippen LogP contribution in [0.2, 0.25) is 10.0 Å². The molecule has 0 saturated carbocycles. The van der Waals surface area contributed by atoms with Crippen LogP contribution in [0.4, 0.5) is 13.2 Å². The maximum atomic E-state index is 13.2. The van der Waals surface area contributed by atoms with Crippen LogP contribution in [0.3, 0.4) is 0 Å². The van der Waals surface area contributed by atoms with Crippen LogP contribution >= 0.6 is 23.2 Å². The number of alkyl halides is 3. The van der Waals surface area contributed by atoms with Gasteiger partial charge in [-0.3, -0.25) is 0 Å². The Labute approximate surface area is 171 Å². The van der Waals surface area contributed by atoms with Crippen LogP contribution in [0, 0.1) is 4.78 Å². The molecule has 0 spiro atoms. The molecule has 11 heteroatoms. The molecule has 152 valence electrons. The van der Waals surface area contributed by atoms with Crippen LogP contribution in [0.15, 0.2) is 47.6 Å². The first-order valence-corrected chi connectivity index (χ1v) is 9.49. The van der Waals surface area contributed by atoms with Gasteiger partial charge in [0.15, 0.2) is 0 Å². The lowest BCUT2D eigenvalue weighted by Gasteiger charge is -2.14. The third kappa shape index (κ3) is 7.87. The van der Waals surface area contributed by atoms with Gasteiger partial charge in [0.25, 0.3) is 0 Å². The van der Waals surface area contributed by atoms with Crippen LogP contribution in [-0.2, 0) is 28.1 Å². The molecule has 0 unspecified atom stereocenters. The van der Waals surface area contributed by atoms with E-state index < -0.39 is 22.2 Å². The van der Waals surface area contributed by atoms with Crippen molar-refractivity contribution in [1.82, 2.24) is 0 Å². The third-order valence-corrected chi connectivity index (χ3v) is 3.89. The van der Waals surface area contributed by atoms with E-state index in [0.29, 0.717) is 10.6 Å². The Kier molecular flexibility index (Phi) is 9.44. The van der Waals surface area contributed by atoms with Crippen molar-refractivity contribution >= 4 is 39.4 Å². The average Bonchev–Trinajstić information content (AvgIpc) is 2.58. The van der Waals surface area contributed by atoms with E-state index in [1.165, 1.54) is 12.1 Å². The van der Waals surface area contributed by atoms with Crippen molar-refractivity contribution in [3.05, 3.63) is 69.2 Å². The molecule has 0 fully saturated rings. The zero-order chi connectivity index (χ0) is 21.3.